The smallest absolute Gasteiger partial charge is 0.119 e. The highest BCUT2D eigenvalue weighted by molar-refractivity contribution is 8.17. The molecule has 0 heterocycles. The average Bonchev–Trinajstić information content (AvgIpc) is 2.65. The van der Waals surface area contributed by atoms with Gasteiger partial charge in [-0.1, -0.05) is 50.2 Å². The van der Waals surface area contributed by atoms with E-state index in [1.54, 1.807) is 0 Å². The summed E-state index contributed by atoms with van der Waals surface area (Å²) in [5.74, 6) is 1.63. The zero-order valence-corrected chi connectivity index (χ0v) is 15.8. The first-order chi connectivity index (χ1) is 12.2. The second-order valence-electron chi connectivity index (χ2n) is 6.53. The molecule has 0 atom stereocenters. The lowest BCUT2D eigenvalue weighted by molar-refractivity contribution is 0.289. The molecule has 25 heavy (non-hydrogen) atoms. The van der Waals surface area contributed by atoms with Crippen molar-refractivity contribution in [2.24, 2.45) is 5.92 Å². The third-order valence-corrected chi connectivity index (χ3v) is 6.53. The molecule has 0 saturated carbocycles. The fourth-order valence-electron chi connectivity index (χ4n) is 2.71. The molecule has 0 unspecified atom stereocenters. The first-order valence-corrected chi connectivity index (χ1v) is 10.2. The minimum atomic E-state index is -0.537. The van der Waals surface area contributed by atoms with Crippen molar-refractivity contribution in [3.8, 4) is 5.75 Å². The van der Waals surface area contributed by atoms with Crippen molar-refractivity contribution in [1.29, 1.82) is 0 Å². The van der Waals surface area contributed by atoms with Crippen molar-refractivity contribution in [2.45, 2.75) is 35.0 Å². The van der Waals surface area contributed by atoms with Gasteiger partial charge in [-0.15, -0.1) is 0 Å². The summed E-state index contributed by atoms with van der Waals surface area (Å²) in [5, 5.41) is 0. The molecule has 3 aromatic carbocycles. The van der Waals surface area contributed by atoms with E-state index in [-0.39, 0.29) is 0 Å². The first-order valence-electron chi connectivity index (χ1n) is 8.87. The molecular formula is C23H26OS. The number of hydrogen-bond donors (Lipinski definition) is 1. The lowest BCUT2D eigenvalue weighted by Gasteiger charge is -2.23. The molecule has 0 aliphatic carbocycles. The molecular weight excluding hydrogens is 324 g/mol. The van der Waals surface area contributed by atoms with Crippen LogP contribution in [0.3, 0.4) is 0 Å². The maximum absolute atomic E-state index is 5.87. The fraction of sp³-hybridized carbons (Fsp3) is 0.217. The second kappa shape index (κ2) is 8.77. The Hall–Kier alpha value is -2.19. The van der Waals surface area contributed by atoms with E-state index in [0.29, 0.717) is 5.92 Å². The van der Waals surface area contributed by atoms with Gasteiger partial charge in [0.25, 0.3) is 0 Å². The van der Waals surface area contributed by atoms with Crippen LogP contribution >= 0.6 is 10.9 Å². The normalized spacial score (nSPS) is 11.4. The zero-order chi connectivity index (χ0) is 17.5. The van der Waals surface area contributed by atoms with Crippen LogP contribution in [0.5, 0.6) is 5.75 Å². The summed E-state index contributed by atoms with van der Waals surface area (Å²) >= 11 is 0. The zero-order valence-electron chi connectivity index (χ0n) is 14.9. The fourth-order valence-corrected chi connectivity index (χ4v) is 4.99. The number of thiol groups is 1. The van der Waals surface area contributed by atoms with E-state index in [1.807, 2.05) is 0 Å². The van der Waals surface area contributed by atoms with Crippen molar-refractivity contribution in [3.05, 3.63) is 84.9 Å². The second-order valence-corrected chi connectivity index (χ2v) is 8.75. The molecule has 0 fully saturated rings. The molecule has 130 valence electrons. The van der Waals surface area contributed by atoms with E-state index in [9.17, 15) is 0 Å². The van der Waals surface area contributed by atoms with E-state index in [4.69, 9.17) is 4.74 Å². The molecule has 3 aromatic rings. The molecule has 3 rings (SSSR count). The monoisotopic (exact) mass is 350 g/mol. The lowest BCUT2D eigenvalue weighted by Crippen LogP contribution is -2.01. The van der Waals surface area contributed by atoms with Gasteiger partial charge in [-0.25, -0.2) is 0 Å². The van der Waals surface area contributed by atoms with Gasteiger partial charge in [-0.3, -0.25) is 0 Å². The molecule has 0 aliphatic heterocycles. The van der Waals surface area contributed by atoms with Gasteiger partial charge >= 0.3 is 0 Å². The van der Waals surface area contributed by atoms with Crippen LogP contribution < -0.4 is 4.74 Å². The van der Waals surface area contributed by atoms with Crippen molar-refractivity contribution < 1.29 is 4.74 Å². The van der Waals surface area contributed by atoms with Gasteiger partial charge in [0.05, 0.1) is 6.61 Å². The largest absolute Gasteiger partial charge is 0.494 e. The van der Waals surface area contributed by atoms with Crippen LogP contribution in [0.15, 0.2) is 99.6 Å². The Morgan fingerprint density at radius 3 is 1.64 bits per heavy atom. The van der Waals surface area contributed by atoms with Crippen molar-refractivity contribution in [3.63, 3.8) is 0 Å². The summed E-state index contributed by atoms with van der Waals surface area (Å²) in [6.07, 6.45) is 1.09. The number of rotatable bonds is 7. The average molecular weight is 351 g/mol. The Kier molecular flexibility index (Phi) is 6.19. The van der Waals surface area contributed by atoms with Crippen LogP contribution in [-0.2, 0) is 0 Å². The summed E-state index contributed by atoms with van der Waals surface area (Å²) in [4.78, 5) is 4.10. The van der Waals surface area contributed by atoms with Crippen LogP contribution in [0.1, 0.15) is 20.3 Å². The standard InChI is InChI=1S/C23H26OS/c1-19(2)17-18-24-20-13-15-23(16-14-20)25(21-9-5-3-6-10-21)22-11-7-4-8-12-22/h3-16,19,25H,17-18H2,1-2H3. The van der Waals surface area contributed by atoms with Crippen LogP contribution in [-0.4, -0.2) is 6.61 Å². The van der Waals surface area contributed by atoms with Gasteiger partial charge < -0.3 is 4.74 Å². The number of hydrogen-bond acceptors (Lipinski definition) is 1. The SMILES string of the molecule is CC(C)CCOc1ccc([SH](c2ccccc2)c2ccccc2)cc1. The highest BCUT2D eigenvalue weighted by Gasteiger charge is 2.12. The Bertz CT molecular complexity index is 712. The summed E-state index contributed by atoms with van der Waals surface area (Å²) < 4.78 is 5.87. The molecule has 0 bridgehead atoms. The molecule has 2 heteroatoms. The maximum Gasteiger partial charge on any atom is 0.119 e. The Labute approximate surface area is 154 Å². The molecule has 0 spiro atoms. The molecule has 0 amide bonds. The Morgan fingerprint density at radius 1 is 0.680 bits per heavy atom. The molecule has 0 N–H and O–H groups in total. The molecule has 0 aliphatic rings. The van der Waals surface area contributed by atoms with E-state index in [1.165, 1.54) is 14.7 Å². The predicted molar refractivity (Wildman–Crippen MR) is 108 cm³/mol. The summed E-state index contributed by atoms with van der Waals surface area (Å²) in [7, 11) is -0.537. The lowest BCUT2D eigenvalue weighted by atomic mass is 10.1. The van der Waals surface area contributed by atoms with E-state index in [0.717, 1.165) is 18.8 Å². The minimum absolute atomic E-state index is 0.537. The highest BCUT2D eigenvalue weighted by Crippen LogP contribution is 2.51. The molecule has 0 radical (unpaired) electrons. The third kappa shape index (κ3) is 4.90. The summed E-state index contributed by atoms with van der Waals surface area (Å²) in [6, 6.07) is 30.2. The maximum atomic E-state index is 5.87. The van der Waals surface area contributed by atoms with Crippen molar-refractivity contribution in [1.82, 2.24) is 0 Å². The summed E-state index contributed by atoms with van der Waals surface area (Å²) in [5.41, 5.74) is 0. The topological polar surface area (TPSA) is 9.23 Å². The van der Waals surface area contributed by atoms with Gasteiger partial charge in [0.2, 0.25) is 0 Å². The van der Waals surface area contributed by atoms with Gasteiger partial charge in [-0.2, -0.15) is 10.9 Å². The van der Waals surface area contributed by atoms with Gasteiger partial charge in [0, 0.05) is 0 Å². The Morgan fingerprint density at radius 2 is 1.16 bits per heavy atom. The molecule has 0 aromatic heterocycles. The van der Waals surface area contributed by atoms with E-state index >= 15 is 0 Å². The summed E-state index contributed by atoms with van der Waals surface area (Å²) in [6.45, 7) is 5.22. The predicted octanol–water partition coefficient (Wildman–Crippen LogP) is 6.59. The van der Waals surface area contributed by atoms with Gasteiger partial charge in [0.1, 0.15) is 5.75 Å². The quantitative estimate of drug-likeness (QED) is 0.473. The minimum Gasteiger partial charge on any atom is -0.494 e. The number of benzene rings is 3. The van der Waals surface area contributed by atoms with Gasteiger partial charge in [-0.05, 0) is 75.6 Å². The van der Waals surface area contributed by atoms with Gasteiger partial charge in [0.15, 0.2) is 0 Å². The molecule has 1 nitrogen and oxygen atoms in total. The molecule has 0 saturated heterocycles. The third-order valence-electron chi connectivity index (χ3n) is 4.09. The number of ether oxygens (including phenoxy) is 1. The van der Waals surface area contributed by atoms with Crippen LogP contribution in [0.4, 0.5) is 0 Å². The van der Waals surface area contributed by atoms with Crippen LogP contribution in [0, 0.1) is 5.92 Å². The van der Waals surface area contributed by atoms with Crippen LogP contribution in [0.25, 0.3) is 0 Å². The van der Waals surface area contributed by atoms with E-state index < -0.39 is 10.9 Å². The van der Waals surface area contributed by atoms with Crippen molar-refractivity contribution in [2.75, 3.05) is 6.61 Å². The Balaban J connectivity index is 1.84. The van der Waals surface area contributed by atoms with Crippen LogP contribution in [0.2, 0.25) is 0 Å². The van der Waals surface area contributed by atoms with E-state index in [2.05, 4.69) is 98.8 Å². The van der Waals surface area contributed by atoms with Crippen molar-refractivity contribution >= 4 is 10.9 Å². The highest BCUT2D eigenvalue weighted by atomic mass is 32.2. The first kappa shape index (κ1) is 17.6.